The number of carbonyl (C=O) groups excluding carboxylic acids is 1. The molecule has 0 aliphatic heterocycles. The van der Waals surface area contributed by atoms with Gasteiger partial charge in [-0.3, -0.25) is 4.79 Å². The molecule has 1 rings (SSSR count). The first-order chi connectivity index (χ1) is 9.85. The molecule has 4 N–H and O–H groups in total. The first kappa shape index (κ1) is 15.9. The molecule has 110 valence electrons. The average Bonchev–Trinajstić information content (AvgIpc) is 2.37. The molecule has 0 bridgehead atoms. The molecule has 8 nitrogen and oxygen atoms in total. The molecule has 0 heterocycles. The molecular weight excluding hydrogens is 285 g/mol. The maximum atomic E-state index is 13.3. The lowest BCUT2D eigenvalue weighted by atomic mass is 10.2. The van der Waals surface area contributed by atoms with Gasteiger partial charge >= 0.3 is 18.0 Å². The number of anilines is 1. The number of carboxylic acids is 2. The highest BCUT2D eigenvalue weighted by Crippen LogP contribution is 2.17. The van der Waals surface area contributed by atoms with Crippen molar-refractivity contribution in [2.75, 3.05) is 5.32 Å². The molecule has 2 amide bonds. The summed E-state index contributed by atoms with van der Waals surface area (Å²) in [6, 6.07) is 2.35. The molecule has 9 heteroatoms. The number of nitrogens with one attached hydrogen (secondary N) is 2. The standard InChI is InChI=1S/C12H10FN3O5/c13-7-2-1-3-8(6(7)5-14)15-12(21)16-9(11(19)20)4-10(17)18/h1-3,9H,4H2,(H,17,18)(H,19,20)(H2,15,16,21)/t9-/m1/s1. The van der Waals surface area contributed by atoms with E-state index in [1.54, 1.807) is 6.07 Å². The van der Waals surface area contributed by atoms with Crippen LogP contribution in [0.5, 0.6) is 0 Å². The zero-order valence-corrected chi connectivity index (χ0v) is 10.5. The molecule has 0 unspecified atom stereocenters. The van der Waals surface area contributed by atoms with Crippen molar-refractivity contribution in [1.29, 1.82) is 5.26 Å². The van der Waals surface area contributed by atoms with Crippen LogP contribution in [-0.2, 0) is 9.59 Å². The molecular formula is C12H10FN3O5. The van der Waals surface area contributed by atoms with E-state index in [1.165, 1.54) is 12.1 Å². The van der Waals surface area contributed by atoms with E-state index in [1.807, 2.05) is 5.32 Å². The second-order valence-electron chi connectivity index (χ2n) is 3.86. The van der Waals surface area contributed by atoms with Crippen LogP contribution in [0.4, 0.5) is 14.9 Å². The Kier molecular flexibility index (Phi) is 5.19. The third-order valence-electron chi connectivity index (χ3n) is 2.36. The third kappa shape index (κ3) is 4.46. The number of nitrogens with zero attached hydrogens (tertiary/aromatic N) is 1. The Hall–Kier alpha value is -3.15. The van der Waals surface area contributed by atoms with Gasteiger partial charge < -0.3 is 20.8 Å². The largest absolute Gasteiger partial charge is 0.481 e. The van der Waals surface area contributed by atoms with Gasteiger partial charge in [-0.25, -0.2) is 14.0 Å². The summed E-state index contributed by atoms with van der Waals surface area (Å²) in [5.74, 6) is -3.80. The lowest BCUT2D eigenvalue weighted by molar-refractivity contribution is -0.145. The van der Waals surface area contributed by atoms with Gasteiger partial charge in [0.15, 0.2) is 0 Å². The monoisotopic (exact) mass is 295 g/mol. The normalized spacial score (nSPS) is 11.0. The van der Waals surface area contributed by atoms with E-state index in [9.17, 15) is 18.8 Å². The van der Waals surface area contributed by atoms with Crippen LogP contribution in [0.25, 0.3) is 0 Å². The fourth-order valence-corrected chi connectivity index (χ4v) is 1.43. The van der Waals surface area contributed by atoms with Crippen molar-refractivity contribution >= 4 is 23.7 Å². The SMILES string of the molecule is N#Cc1c(F)cccc1NC(=O)N[C@H](CC(=O)O)C(=O)O. The predicted octanol–water partition coefficient (Wildman–Crippen LogP) is 0.747. The highest BCUT2D eigenvalue weighted by Gasteiger charge is 2.23. The van der Waals surface area contributed by atoms with Gasteiger partial charge in [-0.1, -0.05) is 6.07 Å². The quantitative estimate of drug-likeness (QED) is 0.632. The first-order valence-electron chi connectivity index (χ1n) is 5.56. The fraction of sp³-hybridized carbons (Fsp3) is 0.167. The number of hydrogen-bond acceptors (Lipinski definition) is 4. The van der Waals surface area contributed by atoms with Gasteiger partial charge in [0.2, 0.25) is 0 Å². The number of halogens is 1. The van der Waals surface area contributed by atoms with Gasteiger partial charge in [-0.15, -0.1) is 0 Å². The summed E-state index contributed by atoms with van der Waals surface area (Å²) in [7, 11) is 0. The topological polar surface area (TPSA) is 140 Å². The lowest BCUT2D eigenvalue weighted by Gasteiger charge is -2.14. The van der Waals surface area contributed by atoms with Crippen molar-refractivity contribution in [2.24, 2.45) is 0 Å². The van der Waals surface area contributed by atoms with E-state index in [2.05, 4.69) is 5.32 Å². The van der Waals surface area contributed by atoms with Gasteiger partial charge in [-0.2, -0.15) is 5.26 Å². The Morgan fingerprint density at radius 2 is 2.00 bits per heavy atom. The molecule has 0 spiro atoms. The molecule has 0 aliphatic rings. The van der Waals surface area contributed by atoms with Crippen molar-refractivity contribution in [3.05, 3.63) is 29.6 Å². The van der Waals surface area contributed by atoms with E-state index < -0.39 is 41.8 Å². The van der Waals surface area contributed by atoms with Gasteiger partial charge in [0.25, 0.3) is 0 Å². The lowest BCUT2D eigenvalue weighted by Crippen LogP contribution is -2.44. The van der Waals surface area contributed by atoms with Crippen molar-refractivity contribution < 1.29 is 29.0 Å². The molecule has 0 radical (unpaired) electrons. The number of benzene rings is 1. The molecule has 1 aromatic rings. The number of urea groups is 1. The molecule has 0 saturated heterocycles. The Morgan fingerprint density at radius 3 is 2.52 bits per heavy atom. The summed E-state index contributed by atoms with van der Waals surface area (Å²) in [4.78, 5) is 32.8. The van der Waals surface area contributed by atoms with Crippen LogP contribution in [0.1, 0.15) is 12.0 Å². The number of hydrogen-bond donors (Lipinski definition) is 4. The maximum absolute atomic E-state index is 13.3. The summed E-state index contributed by atoms with van der Waals surface area (Å²) in [6.07, 6.45) is -0.822. The third-order valence-corrected chi connectivity index (χ3v) is 2.36. The summed E-state index contributed by atoms with van der Waals surface area (Å²) in [6.45, 7) is 0. The zero-order chi connectivity index (χ0) is 16.0. The van der Waals surface area contributed by atoms with Gasteiger partial charge in [-0.05, 0) is 12.1 Å². The summed E-state index contributed by atoms with van der Waals surface area (Å²) in [5, 5.41) is 30.1. The number of rotatable bonds is 5. The number of nitriles is 1. The molecule has 0 aromatic heterocycles. The minimum atomic E-state index is -1.65. The van der Waals surface area contributed by atoms with Crippen LogP contribution in [0.3, 0.4) is 0 Å². The second-order valence-corrected chi connectivity index (χ2v) is 3.86. The molecule has 1 atom stereocenters. The molecule has 21 heavy (non-hydrogen) atoms. The van der Waals surface area contributed by atoms with Crippen molar-refractivity contribution in [3.63, 3.8) is 0 Å². The minimum absolute atomic E-state index is 0.158. The molecule has 0 saturated carbocycles. The Labute approximate surface area is 117 Å². The van der Waals surface area contributed by atoms with Crippen LogP contribution in [0.15, 0.2) is 18.2 Å². The highest BCUT2D eigenvalue weighted by atomic mass is 19.1. The molecule has 0 aliphatic carbocycles. The number of carbonyl (C=O) groups is 3. The van der Waals surface area contributed by atoms with E-state index in [4.69, 9.17) is 15.5 Å². The highest BCUT2D eigenvalue weighted by molar-refractivity contribution is 5.94. The smallest absolute Gasteiger partial charge is 0.326 e. The van der Waals surface area contributed by atoms with Gasteiger partial charge in [0, 0.05) is 0 Å². The Bertz CT molecular complexity index is 626. The van der Waals surface area contributed by atoms with Crippen LogP contribution >= 0.6 is 0 Å². The van der Waals surface area contributed by atoms with Crippen molar-refractivity contribution in [1.82, 2.24) is 5.32 Å². The van der Waals surface area contributed by atoms with Crippen LogP contribution < -0.4 is 10.6 Å². The maximum Gasteiger partial charge on any atom is 0.326 e. The fourth-order valence-electron chi connectivity index (χ4n) is 1.43. The van der Waals surface area contributed by atoms with Crippen LogP contribution in [0.2, 0.25) is 0 Å². The van der Waals surface area contributed by atoms with Gasteiger partial charge in [0.1, 0.15) is 23.5 Å². The zero-order valence-electron chi connectivity index (χ0n) is 10.5. The summed E-state index contributed by atoms with van der Waals surface area (Å²) < 4.78 is 13.3. The average molecular weight is 295 g/mol. The Morgan fingerprint density at radius 1 is 1.33 bits per heavy atom. The molecule has 1 aromatic carbocycles. The molecule has 0 fully saturated rings. The van der Waals surface area contributed by atoms with E-state index in [0.717, 1.165) is 6.07 Å². The van der Waals surface area contributed by atoms with E-state index in [-0.39, 0.29) is 5.69 Å². The van der Waals surface area contributed by atoms with Gasteiger partial charge in [0.05, 0.1) is 12.1 Å². The van der Waals surface area contributed by atoms with Crippen LogP contribution in [0, 0.1) is 17.1 Å². The predicted molar refractivity (Wildman–Crippen MR) is 66.9 cm³/mol. The number of aliphatic carboxylic acids is 2. The number of amides is 2. The van der Waals surface area contributed by atoms with E-state index >= 15 is 0 Å². The summed E-state index contributed by atoms with van der Waals surface area (Å²) >= 11 is 0. The second kappa shape index (κ2) is 6.85. The summed E-state index contributed by atoms with van der Waals surface area (Å²) in [5.41, 5.74) is -0.577. The minimum Gasteiger partial charge on any atom is -0.481 e. The first-order valence-corrected chi connectivity index (χ1v) is 5.56. The Balaban J connectivity index is 2.82. The van der Waals surface area contributed by atoms with Crippen molar-refractivity contribution in [3.8, 4) is 6.07 Å². The van der Waals surface area contributed by atoms with Crippen molar-refractivity contribution in [2.45, 2.75) is 12.5 Å². The van der Waals surface area contributed by atoms with Crippen LogP contribution in [-0.4, -0.2) is 34.2 Å². The van der Waals surface area contributed by atoms with E-state index in [0.29, 0.717) is 0 Å². The number of carboxylic acid groups (broad SMARTS) is 2.